The van der Waals surface area contributed by atoms with Gasteiger partial charge in [-0.15, -0.1) is 0 Å². The Morgan fingerprint density at radius 2 is 2.06 bits per heavy atom. The van der Waals surface area contributed by atoms with Crippen LogP contribution < -0.4 is 5.32 Å². The van der Waals surface area contributed by atoms with Crippen molar-refractivity contribution in [2.75, 3.05) is 6.61 Å². The summed E-state index contributed by atoms with van der Waals surface area (Å²) in [6, 6.07) is 8.81. The molecule has 1 N–H and O–H groups in total. The van der Waals surface area contributed by atoms with Gasteiger partial charge >= 0.3 is 5.97 Å². The highest BCUT2D eigenvalue weighted by Crippen LogP contribution is 2.19. The zero-order valence-corrected chi connectivity index (χ0v) is 9.03. The summed E-state index contributed by atoms with van der Waals surface area (Å²) in [6.45, 7) is 2.05. The predicted octanol–water partition coefficient (Wildman–Crippen LogP) is 1.12. The number of hydrogen-bond donors (Lipinski definition) is 1. The van der Waals surface area contributed by atoms with Crippen molar-refractivity contribution in [1.29, 1.82) is 0 Å². The van der Waals surface area contributed by atoms with Gasteiger partial charge in [0.2, 0.25) is 0 Å². The first-order chi connectivity index (χ1) is 7.62. The van der Waals surface area contributed by atoms with E-state index in [0.29, 0.717) is 18.6 Å². The summed E-state index contributed by atoms with van der Waals surface area (Å²) in [4.78, 5) is 23.3. The van der Waals surface area contributed by atoms with Crippen LogP contribution in [-0.2, 0) is 9.53 Å². The van der Waals surface area contributed by atoms with Gasteiger partial charge in [-0.3, -0.25) is 4.79 Å². The Morgan fingerprint density at radius 3 is 2.62 bits per heavy atom. The molecule has 1 heterocycles. The fraction of sp³-hybridized carbons (Fsp3) is 0.333. The van der Waals surface area contributed by atoms with Crippen LogP contribution in [0.1, 0.15) is 23.7 Å². The average Bonchev–Trinajstić information content (AvgIpc) is 2.60. The van der Waals surface area contributed by atoms with Crippen LogP contribution in [-0.4, -0.2) is 24.0 Å². The molecule has 1 aromatic carbocycles. The molecule has 1 aliphatic rings. The smallest absolute Gasteiger partial charge is 0.331 e. The standard InChI is InChI=1S/C12H13NO3/c1-12(7-8-16-11(12)15)13-10(14)9-5-3-2-4-6-9/h2-6H,7-8H2,1H3,(H,13,14)/t12-/m1/s1. The fourth-order valence-electron chi connectivity index (χ4n) is 1.64. The van der Waals surface area contributed by atoms with Crippen molar-refractivity contribution in [3.63, 3.8) is 0 Å². The first-order valence-corrected chi connectivity index (χ1v) is 5.17. The van der Waals surface area contributed by atoms with E-state index >= 15 is 0 Å². The summed E-state index contributed by atoms with van der Waals surface area (Å²) in [5, 5.41) is 2.71. The molecule has 0 saturated carbocycles. The molecule has 0 radical (unpaired) electrons. The molecule has 1 fully saturated rings. The highest BCUT2D eigenvalue weighted by molar-refractivity contribution is 5.98. The summed E-state index contributed by atoms with van der Waals surface area (Å²) in [7, 11) is 0. The molecule has 4 nitrogen and oxygen atoms in total. The van der Waals surface area contributed by atoms with E-state index in [-0.39, 0.29) is 11.9 Å². The molecule has 1 aromatic rings. The van der Waals surface area contributed by atoms with Crippen molar-refractivity contribution in [3.05, 3.63) is 35.9 Å². The minimum Gasteiger partial charge on any atom is -0.464 e. The molecule has 0 bridgehead atoms. The third kappa shape index (κ3) is 1.91. The number of rotatable bonds is 2. The Kier molecular flexibility index (Phi) is 2.64. The minimum absolute atomic E-state index is 0.248. The van der Waals surface area contributed by atoms with Crippen molar-refractivity contribution in [1.82, 2.24) is 5.32 Å². The molecule has 0 aromatic heterocycles. The summed E-state index contributed by atoms with van der Waals surface area (Å²) >= 11 is 0. The fourth-order valence-corrected chi connectivity index (χ4v) is 1.64. The van der Waals surface area contributed by atoms with Crippen LogP contribution in [0.3, 0.4) is 0 Å². The number of ether oxygens (including phenoxy) is 1. The molecule has 84 valence electrons. The Hall–Kier alpha value is -1.84. The summed E-state index contributed by atoms with van der Waals surface area (Å²) in [5.41, 5.74) is -0.337. The molecule has 1 saturated heterocycles. The number of amides is 1. The van der Waals surface area contributed by atoms with Gasteiger partial charge in [0.05, 0.1) is 6.61 Å². The maximum Gasteiger partial charge on any atom is 0.331 e. The SMILES string of the molecule is C[C@@]1(NC(=O)c2ccccc2)CCOC1=O. The van der Waals surface area contributed by atoms with E-state index < -0.39 is 5.54 Å². The van der Waals surface area contributed by atoms with Crippen LogP contribution in [0.15, 0.2) is 30.3 Å². The van der Waals surface area contributed by atoms with Crippen LogP contribution in [0, 0.1) is 0 Å². The van der Waals surface area contributed by atoms with Crippen LogP contribution in [0.25, 0.3) is 0 Å². The third-order valence-electron chi connectivity index (χ3n) is 2.71. The Morgan fingerprint density at radius 1 is 1.38 bits per heavy atom. The zero-order valence-electron chi connectivity index (χ0n) is 9.03. The van der Waals surface area contributed by atoms with E-state index in [1.807, 2.05) is 6.07 Å². The highest BCUT2D eigenvalue weighted by atomic mass is 16.5. The van der Waals surface area contributed by atoms with Crippen LogP contribution in [0.4, 0.5) is 0 Å². The second-order valence-corrected chi connectivity index (χ2v) is 4.04. The number of cyclic esters (lactones) is 1. The largest absolute Gasteiger partial charge is 0.464 e. The highest BCUT2D eigenvalue weighted by Gasteiger charge is 2.41. The van der Waals surface area contributed by atoms with E-state index in [4.69, 9.17) is 4.74 Å². The second kappa shape index (κ2) is 3.96. The average molecular weight is 219 g/mol. The number of esters is 1. The summed E-state index contributed by atoms with van der Waals surface area (Å²) in [6.07, 6.45) is 0.518. The maximum absolute atomic E-state index is 11.8. The van der Waals surface area contributed by atoms with Gasteiger partial charge in [-0.05, 0) is 19.1 Å². The zero-order chi connectivity index (χ0) is 11.6. The molecular formula is C12H13NO3. The molecule has 1 aliphatic heterocycles. The van der Waals surface area contributed by atoms with Crippen LogP contribution >= 0.6 is 0 Å². The number of carbonyl (C=O) groups is 2. The molecule has 1 atom stereocenters. The van der Waals surface area contributed by atoms with E-state index in [1.54, 1.807) is 31.2 Å². The quantitative estimate of drug-likeness (QED) is 0.758. The number of hydrogen-bond acceptors (Lipinski definition) is 3. The van der Waals surface area contributed by atoms with Gasteiger partial charge in [-0.1, -0.05) is 18.2 Å². The maximum atomic E-state index is 11.8. The lowest BCUT2D eigenvalue weighted by Gasteiger charge is -2.20. The van der Waals surface area contributed by atoms with Crippen molar-refractivity contribution >= 4 is 11.9 Å². The molecule has 1 amide bonds. The van der Waals surface area contributed by atoms with Gasteiger partial charge in [0, 0.05) is 12.0 Å². The summed E-state index contributed by atoms with van der Waals surface area (Å²) in [5.74, 6) is -0.612. The predicted molar refractivity (Wildman–Crippen MR) is 57.9 cm³/mol. The van der Waals surface area contributed by atoms with E-state index in [0.717, 1.165) is 0 Å². The molecule has 0 unspecified atom stereocenters. The molecule has 0 spiro atoms. The summed E-state index contributed by atoms with van der Waals surface area (Å²) < 4.78 is 4.85. The lowest BCUT2D eigenvalue weighted by molar-refractivity contribution is -0.142. The van der Waals surface area contributed by atoms with Crippen molar-refractivity contribution < 1.29 is 14.3 Å². The van der Waals surface area contributed by atoms with Crippen molar-refractivity contribution in [3.8, 4) is 0 Å². The van der Waals surface area contributed by atoms with Gasteiger partial charge in [0.25, 0.3) is 5.91 Å². The van der Waals surface area contributed by atoms with Crippen molar-refractivity contribution in [2.45, 2.75) is 18.9 Å². The van der Waals surface area contributed by atoms with E-state index in [2.05, 4.69) is 5.32 Å². The third-order valence-corrected chi connectivity index (χ3v) is 2.71. The Labute approximate surface area is 93.6 Å². The van der Waals surface area contributed by atoms with Gasteiger partial charge in [0.1, 0.15) is 5.54 Å². The monoisotopic (exact) mass is 219 g/mol. The lowest BCUT2D eigenvalue weighted by Crippen LogP contribution is -2.49. The molecule has 4 heteroatoms. The van der Waals surface area contributed by atoms with Gasteiger partial charge in [-0.25, -0.2) is 4.79 Å². The lowest BCUT2D eigenvalue weighted by atomic mass is 10.0. The van der Waals surface area contributed by atoms with Crippen LogP contribution in [0.5, 0.6) is 0 Å². The van der Waals surface area contributed by atoms with Gasteiger partial charge in [0.15, 0.2) is 0 Å². The normalized spacial score (nSPS) is 23.9. The first kappa shape index (κ1) is 10.7. The minimum atomic E-state index is -0.882. The van der Waals surface area contributed by atoms with E-state index in [1.165, 1.54) is 0 Å². The number of benzene rings is 1. The topological polar surface area (TPSA) is 55.4 Å². The molecule has 16 heavy (non-hydrogen) atoms. The van der Waals surface area contributed by atoms with Gasteiger partial charge < -0.3 is 10.1 Å². The molecule has 2 rings (SSSR count). The first-order valence-electron chi connectivity index (χ1n) is 5.17. The van der Waals surface area contributed by atoms with Crippen molar-refractivity contribution in [2.24, 2.45) is 0 Å². The van der Waals surface area contributed by atoms with Crippen LogP contribution in [0.2, 0.25) is 0 Å². The molecule has 0 aliphatic carbocycles. The second-order valence-electron chi connectivity index (χ2n) is 4.04. The molecular weight excluding hydrogens is 206 g/mol. The van der Waals surface area contributed by atoms with Gasteiger partial charge in [-0.2, -0.15) is 0 Å². The Bertz CT molecular complexity index is 416. The number of nitrogens with one attached hydrogen (secondary N) is 1. The Balaban J connectivity index is 2.11. The number of carbonyl (C=O) groups excluding carboxylic acids is 2. The van der Waals surface area contributed by atoms with E-state index in [9.17, 15) is 9.59 Å².